The number of morpholine rings is 1. The van der Waals surface area contributed by atoms with E-state index in [0.29, 0.717) is 30.9 Å². The van der Waals surface area contributed by atoms with E-state index in [1.165, 1.54) is 6.07 Å². The predicted molar refractivity (Wildman–Crippen MR) is 99.1 cm³/mol. The van der Waals surface area contributed by atoms with E-state index in [9.17, 15) is 19.9 Å². The minimum atomic E-state index is -1.37. The Balaban J connectivity index is 1.71. The van der Waals surface area contributed by atoms with Crippen LogP contribution in [0.2, 0.25) is 0 Å². The van der Waals surface area contributed by atoms with Crippen LogP contribution < -0.4 is 15.5 Å². The molecule has 0 bridgehead atoms. The minimum absolute atomic E-state index is 0.0401. The Morgan fingerprint density at radius 1 is 1.42 bits per heavy atom. The Labute approximate surface area is 159 Å². The van der Waals surface area contributed by atoms with Crippen LogP contribution in [0.4, 0.5) is 10.0 Å². The van der Waals surface area contributed by atoms with Crippen molar-refractivity contribution in [2.24, 2.45) is 5.73 Å². The van der Waals surface area contributed by atoms with Crippen LogP contribution in [-0.4, -0.2) is 57.3 Å². The van der Waals surface area contributed by atoms with Crippen LogP contribution in [-0.2, 0) is 9.53 Å². The predicted octanol–water partition coefficient (Wildman–Crippen LogP) is 1.18. The second-order valence-corrected chi connectivity index (χ2v) is 8.69. The van der Waals surface area contributed by atoms with Crippen molar-refractivity contribution >= 4 is 45.3 Å². The Morgan fingerprint density at radius 2 is 2.04 bits per heavy atom. The molecule has 9 nitrogen and oxygen atoms in total. The number of nitrogens with zero attached hydrogens (tertiary/aromatic N) is 2. The molecule has 2 fully saturated rings. The van der Waals surface area contributed by atoms with Crippen molar-refractivity contribution < 1.29 is 24.6 Å². The maximum Gasteiger partial charge on any atom is 0.256 e. The van der Waals surface area contributed by atoms with Gasteiger partial charge in [-0.25, -0.2) is 4.31 Å². The van der Waals surface area contributed by atoms with E-state index in [1.807, 2.05) is 18.2 Å². The zero-order chi connectivity index (χ0) is 19.1. The van der Waals surface area contributed by atoms with Crippen LogP contribution in [0, 0.1) is 0 Å². The molecule has 2 amide bonds. The van der Waals surface area contributed by atoms with E-state index in [1.54, 1.807) is 0 Å². The first-order valence-electron chi connectivity index (χ1n) is 8.23. The number of amides is 2. The van der Waals surface area contributed by atoms with Gasteiger partial charge in [0.25, 0.3) is 11.8 Å². The molecule has 1 aromatic rings. The van der Waals surface area contributed by atoms with Gasteiger partial charge >= 0.3 is 0 Å². The van der Waals surface area contributed by atoms with Crippen LogP contribution in [0.1, 0.15) is 37.0 Å². The van der Waals surface area contributed by atoms with Gasteiger partial charge in [-0.1, -0.05) is 11.3 Å². The third-order valence-corrected chi connectivity index (χ3v) is 6.15. The Kier molecular flexibility index (Phi) is 5.47. The summed E-state index contributed by atoms with van der Waals surface area (Å²) in [5, 5.41) is 23.3. The molecule has 11 heteroatoms. The van der Waals surface area contributed by atoms with Crippen molar-refractivity contribution in [3.8, 4) is 0 Å². The molecular weight excluding hydrogens is 380 g/mol. The molecule has 0 aromatic carbocycles. The number of thiophene rings is 1. The molecule has 1 aliphatic heterocycles. The molecule has 1 saturated heterocycles. The van der Waals surface area contributed by atoms with E-state index in [0.717, 1.165) is 27.9 Å². The third kappa shape index (κ3) is 4.30. The second kappa shape index (κ2) is 7.33. The normalized spacial score (nSPS) is 24.9. The number of ether oxygens (including phenoxy) is 1. The molecule has 0 radical (unpaired) electrons. The highest BCUT2D eigenvalue weighted by Crippen LogP contribution is 2.40. The highest BCUT2D eigenvalue weighted by atomic mass is 32.2. The van der Waals surface area contributed by atoms with Gasteiger partial charge in [-0.2, -0.15) is 4.47 Å². The quantitative estimate of drug-likeness (QED) is 0.412. The van der Waals surface area contributed by atoms with Crippen molar-refractivity contribution in [1.29, 1.82) is 0 Å². The van der Waals surface area contributed by atoms with Crippen molar-refractivity contribution in [2.45, 2.75) is 44.5 Å². The van der Waals surface area contributed by atoms with Crippen molar-refractivity contribution in [3.63, 3.8) is 0 Å². The summed E-state index contributed by atoms with van der Waals surface area (Å²) in [5.41, 5.74) is 4.09. The number of hydrogen-bond donors (Lipinski definition) is 4. The number of anilines is 2. The Hall–Kier alpha value is -1.37. The van der Waals surface area contributed by atoms with E-state index >= 15 is 0 Å². The molecule has 2 atom stereocenters. The maximum absolute atomic E-state index is 12.0. The lowest BCUT2D eigenvalue weighted by Gasteiger charge is -2.35. The number of nitrogens with two attached hydrogens (primary N) is 1. The fourth-order valence-electron chi connectivity index (χ4n) is 2.66. The summed E-state index contributed by atoms with van der Waals surface area (Å²) in [4.78, 5) is 23.7. The van der Waals surface area contributed by atoms with Gasteiger partial charge in [0.1, 0.15) is 15.6 Å². The summed E-state index contributed by atoms with van der Waals surface area (Å²) in [7, 11) is 0. The molecule has 144 valence electrons. The van der Waals surface area contributed by atoms with Crippen molar-refractivity contribution in [3.05, 3.63) is 11.6 Å². The zero-order valence-corrected chi connectivity index (χ0v) is 16.1. The van der Waals surface area contributed by atoms with E-state index in [-0.39, 0.29) is 22.8 Å². The number of carbonyl (C=O) groups excluding carboxylic acids is 2. The second-order valence-electron chi connectivity index (χ2n) is 6.64. The van der Waals surface area contributed by atoms with Crippen LogP contribution in [0.25, 0.3) is 0 Å². The van der Waals surface area contributed by atoms with E-state index < -0.39 is 17.4 Å². The monoisotopic (exact) mass is 402 g/mol. The summed E-state index contributed by atoms with van der Waals surface area (Å²) in [6.45, 7) is 5.18. The van der Waals surface area contributed by atoms with Crippen LogP contribution in [0.5, 0.6) is 0 Å². The summed E-state index contributed by atoms with van der Waals surface area (Å²) in [6, 6.07) is 1.42. The highest BCUT2D eigenvalue weighted by Gasteiger charge is 2.48. The van der Waals surface area contributed by atoms with Gasteiger partial charge < -0.3 is 20.9 Å². The van der Waals surface area contributed by atoms with Gasteiger partial charge in [-0.15, -0.1) is 0 Å². The summed E-state index contributed by atoms with van der Waals surface area (Å²) in [5.74, 6) is -1.29. The Morgan fingerprint density at radius 3 is 2.58 bits per heavy atom. The summed E-state index contributed by atoms with van der Waals surface area (Å²) in [6.07, 6.45) is 0.855. The van der Waals surface area contributed by atoms with Gasteiger partial charge in [0.05, 0.1) is 29.9 Å². The lowest BCUT2D eigenvalue weighted by atomic mass is 10.2. The van der Waals surface area contributed by atoms with Crippen LogP contribution >= 0.6 is 23.5 Å². The van der Waals surface area contributed by atoms with Crippen LogP contribution in [0.15, 0.2) is 6.07 Å². The number of rotatable bonds is 6. The van der Waals surface area contributed by atoms with Gasteiger partial charge in [0.2, 0.25) is 0 Å². The summed E-state index contributed by atoms with van der Waals surface area (Å²) < 4.78 is 8.54. The first-order valence-corrected chi connectivity index (χ1v) is 9.77. The van der Waals surface area contributed by atoms with E-state index in [2.05, 4.69) is 5.32 Å². The van der Waals surface area contributed by atoms with Gasteiger partial charge in [-0.3, -0.25) is 14.8 Å². The molecule has 2 unspecified atom stereocenters. The topological polar surface area (TPSA) is 128 Å². The number of aliphatic hydroxyl groups is 1. The van der Waals surface area contributed by atoms with E-state index in [4.69, 9.17) is 10.5 Å². The number of hydrogen-bond acceptors (Lipinski definition) is 9. The molecule has 5 N–H and O–H groups in total. The summed E-state index contributed by atoms with van der Waals surface area (Å²) >= 11 is 2.10. The zero-order valence-electron chi connectivity index (χ0n) is 14.5. The third-order valence-electron chi connectivity index (χ3n) is 4.13. The first-order chi connectivity index (χ1) is 12.2. The fourth-order valence-corrected chi connectivity index (χ4v) is 4.65. The van der Waals surface area contributed by atoms with Crippen molar-refractivity contribution in [1.82, 2.24) is 4.31 Å². The largest absolute Gasteiger partial charge is 0.380 e. The van der Waals surface area contributed by atoms with Gasteiger partial charge in [-0.05, 0) is 32.8 Å². The van der Waals surface area contributed by atoms with Crippen LogP contribution in [0.3, 0.4) is 0 Å². The van der Waals surface area contributed by atoms with Crippen molar-refractivity contribution in [2.75, 3.05) is 22.9 Å². The standard InChI is InChI=1S/C15H22N4O5S2/c1-8-6-18(7-9(2)24-8)26-19(23)11-5-10(12(16)20)13(25-11)17-14(21)15(22)3-4-15/h5,8-9,22-23H,3-4,6-7H2,1-2H3,(H2,16,20)(H,17,21). The fraction of sp³-hybridized carbons (Fsp3) is 0.600. The number of primary amides is 1. The molecule has 2 heterocycles. The smallest absolute Gasteiger partial charge is 0.256 e. The number of nitrogens with one attached hydrogen (secondary N) is 1. The Bertz CT molecular complexity index is 698. The average Bonchev–Trinajstić information content (AvgIpc) is 3.14. The molecule has 3 rings (SSSR count). The molecule has 1 aromatic heterocycles. The minimum Gasteiger partial charge on any atom is -0.380 e. The first kappa shape index (κ1) is 19.4. The lowest BCUT2D eigenvalue weighted by molar-refractivity contribution is -0.125. The molecule has 1 saturated carbocycles. The molecule has 26 heavy (non-hydrogen) atoms. The molecule has 0 spiro atoms. The SMILES string of the molecule is CC1CN(SN(O)c2cc(C(N)=O)c(NC(=O)C3(O)CC3)s2)CC(C)O1. The highest BCUT2D eigenvalue weighted by molar-refractivity contribution is 7.98. The van der Waals surface area contributed by atoms with Gasteiger partial charge in [0, 0.05) is 13.1 Å². The molecular formula is C15H22N4O5S2. The molecule has 2 aliphatic rings. The molecule has 1 aliphatic carbocycles. The maximum atomic E-state index is 12.0. The lowest BCUT2D eigenvalue weighted by Crippen LogP contribution is -2.43. The van der Waals surface area contributed by atoms with Gasteiger partial charge in [0.15, 0.2) is 0 Å². The number of carbonyl (C=O) groups is 2. The average molecular weight is 402 g/mol.